The molecule has 0 aliphatic carbocycles. The number of pyridine rings is 1. The molecule has 102 valence electrons. The van der Waals surface area contributed by atoms with E-state index in [9.17, 15) is 13.2 Å². The summed E-state index contributed by atoms with van der Waals surface area (Å²) in [4.78, 5) is 8.26. The molecule has 0 atom stereocenters. The van der Waals surface area contributed by atoms with Crippen LogP contribution in [0.2, 0.25) is 0 Å². The predicted octanol–water partition coefficient (Wildman–Crippen LogP) is 3.97. The Bertz CT molecular complexity index is 547. The Labute approximate surface area is 116 Å². The van der Waals surface area contributed by atoms with E-state index in [1.54, 1.807) is 0 Å². The number of alkyl halides is 4. The molecule has 0 N–H and O–H groups in total. The topological polar surface area (TPSA) is 35.0 Å². The summed E-state index contributed by atoms with van der Waals surface area (Å²) in [6, 6.07) is 2.25. The third-order valence-corrected chi connectivity index (χ3v) is 3.79. The first-order chi connectivity index (χ1) is 8.95. The molecule has 0 saturated carbocycles. The number of aromatic nitrogens is 2. The molecular formula is C11H8ClF3N2OS. The van der Waals surface area contributed by atoms with Gasteiger partial charge in [-0.05, 0) is 12.1 Å². The molecule has 0 fully saturated rings. The van der Waals surface area contributed by atoms with Crippen molar-refractivity contribution in [3.8, 4) is 16.5 Å². The van der Waals surface area contributed by atoms with Gasteiger partial charge in [0.05, 0.1) is 17.9 Å². The molecule has 3 nitrogen and oxygen atoms in total. The van der Waals surface area contributed by atoms with Crippen LogP contribution in [0.25, 0.3) is 10.6 Å². The number of ether oxygens (including phenoxy) is 1. The summed E-state index contributed by atoms with van der Waals surface area (Å²) in [5.74, 6) is 0.615. The van der Waals surface area contributed by atoms with Crippen molar-refractivity contribution in [2.45, 2.75) is 12.1 Å². The largest absolute Gasteiger partial charge is 0.480 e. The Kier molecular flexibility index (Phi) is 3.96. The molecule has 0 spiro atoms. The molecule has 8 heteroatoms. The molecule has 0 aliphatic rings. The van der Waals surface area contributed by atoms with Crippen LogP contribution in [0, 0.1) is 0 Å². The van der Waals surface area contributed by atoms with Crippen LogP contribution in [0.5, 0.6) is 5.88 Å². The van der Waals surface area contributed by atoms with Gasteiger partial charge in [0.25, 0.3) is 0 Å². The molecule has 0 amide bonds. The van der Waals surface area contributed by atoms with Crippen LogP contribution in [0.15, 0.2) is 18.3 Å². The van der Waals surface area contributed by atoms with Crippen LogP contribution in [0.4, 0.5) is 13.2 Å². The molecule has 0 bridgehead atoms. The Hall–Kier alpha value is -1.34. The number of hydrogen-bond donors (Lipinski definition) is 0. The number of hydrogen-bond acceptors (Lipinski definition) is 4. The number of methoxy groups -OCH3 is 1. The van der Waals surface area contributed by atoms with Gasteiger partial charge in [0.2, 0.25) is 5.88 Å². The van der Waals surface area contributed by atoms with Crippen molar-refractivity contribution >= 4 is 22.9 Å². The third kappa shape index (κ3) is 2.98. The minimum Gasteiger partial charge on any atom is -0.480 e. The Balaban J connectivity index is 2.34. The van der Waals surface area contributed by atoms with Gasteiger partial charge in [-0.1, -0.05) is 0 Å². The lowest BCUT2D eigenvalue weighted by Gasteiger charge is -2.05. The van der Waals surface area contributed by atoms with E-state index >= 15 is 0 Å². The van der Waals surface area contributed by atoms with Gasteiger partial charge in [-0.2, -0.15) is 13.2 Å². The molecule has 0 unspecified atom stereocenters. The lowest BCUT2D eigenvalue weighted by Crippen LogP contribution is -2.07. The Morgan fingerprint density at radius 3 is 2.53 bits per heavy atom. The van der Waals surface area contributed by atoms with E-state index in [2.05, 4.69) is 9.97 Å². The summed E-state index contributed by atoms with van der Waals surface area (Å²) < 4.78 is 42.2. The van der Waals surface area contributed by atoms with Crippen molar-refractivity contribution in [2.24, 2.45) is 0 Å². The molecule has 19 heavy (non-hydrogen) atoms. The number of halogens is 4. The molecule has 2 aromatic heterocycles. The average molecular weight is 309 g/mol. The van der Waals surface area contributed by atoms with E-state index in [4.69, 9.17) is 16.3 Å². The highest BCUT2D eigenvalue weighted by Crippen LogP contribution is 2.34. The smallest absolute Gasteiger partial charge is 0.433 e. The predicted molar refractivity (Wildman–Crippen MR) is 66.5 cm³/mol. The van der Waals surface area contributed by atoms with Gasteiger partial charge in [-0.25, -0.2) is 4.98 Å². The van der Waals surface area contributed by atoms with Gasteiger partial charge in [0.15, 0.2) is 0 Å². The zero-order valence-corrected chi connectivity index (χ0v) is 11.2. The summed E-state index contributed by atoms with van der Waals surface area (Å²) in [5, 5.41) is 0.522. The van der Waals surface area contributed by atoms with E-state index in [0.29, 0.717) is 16.5 Å². The van der Waals surface area contributed by atoms with E-state index in [0.717, 1.165) is 17.1 Å². The molecule has 0 radical (unpaired) electrons. The van der Waals surface area contributed by atoms with E-state index in [1.165, 1.54) is 24.5 Å². The molecule has 2 rings (SSSR count). The summed E-state index contributed by atoms with van der Waals surface area (Å²) in [6.45, 7) is 0. The highest BCUT2D eigenvalue weighted by atomic mass is 35.5. The lowest BCUT2D eigenvalue weighted by molar-refractivity contribution is -0.141. The molecule has 2 heterocycles. The van der Waals surface area contributed by atoms with E-state index < -0.39 is 11.9 Å². The zero-order chi connectivity index (χ0) is 14.0. The lowest BCUT2D eigenvalue weighted by atomic mass is 10.2. The normalized spacial score (nSPS) is 11.6. The first-order valence-corrected chi connectivity index (χ1v) is 6.44. The van der Waals surface area contributed by atoms with Crippen molar-refractivity contribution in [1.29, 1.82) is 0 Å². The van der Waals surface area contributed by atoms with Crippen molar-refractivity contribution in [3.05, 3.63) is 28.9 Å². The fraction of sp³-hybridized carbons (Fsp3) is 0.273. The number of thiazole rings is 1. The van der Waals surface area contributed by atoms with Crippen LogP contribution in [-0.4, -0.2) is 17.1 Å². The van der Waals surface area contributed by atoms with Crippen LogP contribution >= 0.6 is 22.9 Å². The highest BCUT2D eigenvalue weighted by Gasteiger charge is 2.32. The monoisotopic (exact) mass is 308 g/mol. The van der Waals surface area contributed by atoms with Gasteiger partial charge < -0.3 is 4.74 Å². The zero-order valence-electron chi connectivity index (χ0n) is 9.66. The fourth-order valence-electron chi connectivity index (χ4n) is 1.39. The maximum atomic E-state index is 12.4. The quantitative estimate of drug-likeness (QED) is 0.805. The second kappa shape index (κ2) is 5.34. The maximum absolute atomic E-state index is 12.4. The van der Waals surface area contributed by atoms with E-state index in [1.807, 2.05) is 0 Å². The summed E-state index contributed by atoms with van der Waals surface area (Å²) in [6.07, 6.45) is -3.31. The van der Waals surface area contributed by atoms with Crippen molar-refractivity contribution in [2.75, 3.05) is 7.11 Å². The van der Waals surface area contributed by atoms with Gasteiger partial charge in [0, 0.05) is 11.8 Å². The minimum absolute atomic E-state index is 0.231. The summed E-state index contributed by atoms with van der Waals surface area (Å²) >= 11 is 6.98. The average Bonchev–Trinajstić information content (AvgIpc) is 2.81. The standard InChI is InChI=1S/C11H8ClF3N2OS/c1-18-9-7(4-12)19-10(17-9)6-2-3-8(16-5-6)11(13,14)15/h2-3,5H,4H2,1H3. The van der Waals surface area contributed by atoms with Gasteiger partial charge in [-0.3, -0.25) is 4.98 Å². The first-order valence-electron chi connectivity index (χ1n) is 5.09. The molecule has 2 aromatic rings. The molecule has 0 aliphatic heterocycles. The number of nitrogens with zero attached hydrogens (tertiary/aromatic N) is 2. The third-order valence-electron chi connectivity index (χ3n) is 2.28. The second-order valence-electron chi connectivity index (χ2n) is 3.51. The van der Waals surface area contributed by atoms with E-state index in [-0.39, 0.29) is 5.88 Å². The maximum Gasteiger partial charge on any atom is 0.433 e. The fourth-order valence-corrected chi connectivity index (χ4v) is 2.54. The van der Waals surface area contributed by atoms with Crippen LogP contribution < -0.4 is 4.74 Å². The van der Waals surface area contributed by atoms with Crippen LogP contribution in [0.3, 0.4) is 0 Å². The Morgan fingerprint density at radius 1 is 1.37 bits per heavy atom. The molecule has 0 aromatic carbocycles. The SMILES string of the molecule is COc1nc(-c2ccc(C(F)(F)F)nc2)sc1CCl. The second-order valence-corrected chi connectivity index (χ2v) is 4.87. The summed E-state index contributed by atoms with van der Waals surface area (Å²) in [5.41, 5.74) is -0.440. The molecular weight excluding hydrogens is 301 g/mol. The van der Waals surface area contributed by atoms with Crippen LogP contribution in [0.1, 0.15) is 10.6 Å². The number of rotatable bonds is 3. The molecule has 0 saturated heterocycles. The van der Waals surface area contributed by atoms with Crippen LogP contribution in [-0.2, 0) is 12.1 Å². The van der Waals surface area contributed by atoms with Gasteiger partial charge in [0.1, 0.15) is 10.7 Å². The highest BCUT2D eigenvalue weighted by molar-refractivity contribution is 7.15. The Morgan fingerprint density at radius 2 is 2.11 bits per heavy atom. The van der Waals surface area contributed by atoms with Crippen molar-refractivity contribution in [1.82, 2.24) is 9.97 Å². The van der Waals surface area contributed by atoms with Crippen molar-refractivity contribution in [3.63, 3.8) is 0 Å². The first kappa shape index (κ1) is 14.1. The van der Waals surface area contributed by atoms with Gasteiger partial charge in [-0.15, -0.1) is 22.9 Å². The van der Waals surface area contributed by atoms with Gasteiger partial charge >= 0.3 is 6.18 Å². The summed E-state index contributed by atoms with van der Waals surface area (Å²) in [7, 11) is 1.46. The van der Waals surface area contributed by atoms with Crippen molar-refractivity contribution < 1.29 is 17.9 Å². The minimum atomic E-state index is -4.44.